The van der Waals surface area contributed by atoms with E-state index in [1.165, 1.54) is 55.9 Å². The first kappa shape index (κ1) is 26.3. The molecule has 196 valence electrons. The van der Waals surface area contributed by atoms with E-state index in [1.54, 1.807) is 0 Å². The van der Waals surface area contributed by atoms with Crippen LogP contribution in [0.15, 0.2) is 84.9 Å². The molecule has 4 aromatic rings. The lowest BCUT2D eigenvalue weighted by atomic mass is 9.81. The van der Waals surface area contributed by atoms with E-state index in [4.69, 9.17) is 0 Å². The van der Waals surface area contributed by atoms with Crippen molar-refractivity contribution in [1.82, 2.24) is 0 Å². The van der Waals surface area contributed by atoms with Crippen LogP contribution in [-0.2, 0) is 11.8 Å². The largest absolute Gasteiger partial charge is 0.336 e. The van der Waals surface area contributed by atoms with E-state index in [1.807, 2.05) is 0 Å². The number of anilines is 2. The minimum Gasteiger partial charge on any atom is -0.336 e. The van der Waals surface area contributed by atoms with Gasteiger partial charge in [0.1, 0.15) is 0 Å². The fourth-order valence-corrected chi connectivity index (χ4v) is 6.24. The van der Waals surface area contributed by atoms with Crippen molar-refractivity contribution in [3.63, 3.8) is 0 Å². The SMILES string of the molecule is Cc1cc2c(cc1N(c1cc(-c3ccccc3)ccc1CC(C)(C)C)C(C)(C)C)-c1ccccc1C2(C)C. The molecule has 1 aliphatic rings. The Kier molecular flexibility index (Phi) is 6.33. The van der Waals surface area contributed by atoms with Crippen molar-refractivity contribution in [1.29, 1.82) is 0 Å². The predicted octanol–water partition coefficient (Wildman–Crippen LogP) is 10.5. The van der Waals surface area contributed by atoms with Gasteiger partial charge in [0.05, 0.1) is 0 Å². The second kappa shape index (κ2) is 9.16. The van der Waals surface area contributed by atoms with Gasteiger partial charge in [-0.05, 0) is 96.2 Å². The van der Waals surface area contributed by atoms with Gasteiger partial charge in [-0.15, -0.1) is 0 Å². The fourth-order valence-electron chi connectivity index (χ4n) is 6.24. The summed E-state index contributed by atoms with van der Waals surface area (Å²) in [7, 11) is 0. The topological polar surface area (TPSA) is 3.24 Å². The summed E-state index contributed by atoms with van der Waals surface area (Å²) in [6, 6.07) is 31.7. The van der Waals surface area contributed by atoms with Crippen LogP contribution in [0, 0.1) is 12.3 Å². The second-order valence-corrected chi connectivity index (χ2v) is 13.8. The predicted molar refractivity (Wildman–Crippen MR) is 166 cm³/mol. The Morgan fingerprint density at radius 1 is 0.632 bits per heavy atom. The van der Waals surface area contributed by atoms with Gasteiger partial charge in [0.25, 0.3) is 0 Å². The molecule has 0 aliphatic heterocycles. The van der Waals surface area contributed by atoms with Crippen LogP contribution in [0.3, 0.4) is 0 Å². The Morgan fingerprint density at radius 3 is 1.95 bits per heavy atom. The molecule has 0 aromatic heterocycles. The van der Waals surface area contributed by atoms with Crippen molar-refractivity contribution in [2.75, 3.05) is 4.90 Å². The van der Waals surface area contributed by atoms with Gasteiger partial charge >= 0.3 is 0 Å². The molecule has 38 heavy (non-hydrogen) atoms. The van der Waals surface area contributed by atoms with Gasteiger partial charge < -0.3 is 4.90 Å². The van der Waals surface area contributed by atoms with Crippen LogP contribution in [0.1, 0.15) is 77.6 Å². The summed E-state index contributed by atoms with van der Waals surface area (Å²) in [4.78, 5) is 2.60. The number of nitrogens with zero attached hydrogens (tertiary/aromatic N) is 1. The summed E-state index contributed by atoms with van der Waals surface area (Å²) in [5.74, 6) is 0. The molecule has 0 bridgehead atoms. The number of fused-ring (bicyclic) bond motifs is 3. The number of hydrogen-bond acceptors (Lipinski definition) is 1. The van der Waals surface area contributed by atoms with E-state index in [0.29, 0.717) is 0 Å². The van der Waals surface area contributed by atoms with E-state index in [9.17, 15) is 0 Å². The van der Waals surface area contributed by atoms with Crippen molar-refractivity contribution < 1.29 is 0 Å². The Balaban J connectivity index is 1.76. The van der Waals surface area contributed by atoms with Crippen LogP contribution in [0.25, 0.3) is 22.3 Å². The molecule has 0 radical (unpaired) electrons. The Labute approximate surface area is 230 Å². The molecule has 0 amide bonds. The van der Waals surface area contributed by atoms with Crippen LogP contribution in [0.4, 0.5) is 11.4 Å². The molecule has 0 heterocycles. The zero-order chi connectivity index (χ0) is 27.5. The zero-order valence-electron chi connectivity index (χ0n) is 24.7. The normalized spacial score (nSPS) is 14.2. The molecular weight excluding hydrogens is 458 g/mol. The number of rotatable bonds is 4. The molecule has 0 fully saturated rings. The lowest BCUT2D eigenvalue weighted by molar-refractivity contribution is 0.410. The van der Waals surface area contributed by atoms with Crippen molar-refractivity contribution >= 4 is 11.4 Å². The standard InChI is InChI=1S/C37H43N/c1-25-21-32-30(29-17-13-14-18-31(29)37(32,8)9)23-33(25)38(36(5,6)7)34-22-27(26-15-11-10-12-16-26)19-20-28(34)24-35(2,3)4/h10-23H,24H2,1-9H3. The van der Waals surface area contributed by atoms with Gasteiger partial charge in [-0.3, -0.25) is 0 Å². The minimum atomic E-state index is -0.116. The van der Waals surface area contributed by atoms with Gasteiger partial charge in [-0.2, -0.15) is 0 Å². The lowest BCUT2D eigenvalue weighted by Gasteiger charge is -2.41. The molecule has 1 aliphatic carbocycles. The molecule has 0 spiro atoms. The van der Waals surface area contributed by atoms with Crippen molar-refractivity contribution in [3.05, 3.63) is 107 Å². The van der Waals surface area contributed by atoms with Crippen LogP contribution >= 0.6 is 0 Å². The zero-order valence-corrected chi connectivity index (χ0v) is 24.7. The third-order valence-electron chi connectivity index (χ3n) is 7.97. The van der Waals surface area contributed by atoms with E-state index >= 15 is 0 Å². The number of aryl methyl sites for hydroxylation is 1. The molecule has 4 aromatic carbocycles. The van der Waals surface area contributed by atoms with E-state index in [2.05, 4.69) is 152 Å². The minimum absolute atomic E-state index is 0.00635. The number of benzene rings is 4. The Bertz CT molecular complexity index is 1480. The summed E-state index contributed by atoms with van der Waals surface area (Å²) < 4.78 is 0. The van der Waals surface area contributed by atoms with E-state index in [0.717, 1.165) is 6.42 Å². The number of hydrogen-bond donors (Lipinski definition) is 0. The van der Waals surface area contributed by atoms with Crippen molar-refractivity contribution in [2.45, 2.75) is 79.7 Å². The molecular formula is C37H43N. The molecule has 5 rings (SSSR count). The summed E-state index contributed by atoms with van der Waals surface area (Å²) in [6.07, 6.45) is 1.02. The first-order chi connectivity index (χ1) is 17.8. The van der Waals surface area contributed by atoms with Crippen molar-refractivity contribution in [2.24, 2.45) is 5.41 Å². The molecule has 1 nitrogen and oxygen atoms in total. The van der Waals surface area contributed by atoms with Gasteiger partial charge in [0, 0.05) is 22.3 Å². The summed E-state index contributed by atoms with van der Waals surface area (Å²) in [5, 5.41) is 0. The summed E-state index contributed by atoms with van der Waals surface area (Å²) >= 11 is 0. The quantitative estimate of drug-likeness (QED) is 0.269. The summed E-state index contributed by atoms with van der Waals surface area (Å²) in [6.45, 7) is 21.0. The fraction of sp³-hybridized carbons (Fsp3) is 0.351. The lowest BCUT2D eigenvalue weighted by Crippen LogP contribution is -2.39. The third kappa shape index (κ3) is 4.68. The van der Waals surface area contributed by atoms with E-state index < -0.39 is 0 Å². The average Bonchev–Trinajstić information content (AvgIpc) is 3.05. The smallest absolute Gasteiger partial charge is 0.0454 e. The maximum atomic E-state index is 2.60. The highest BCUT2D eigenvalue weighted by Crippen LogP contribution is 2.52. The van der Waals surface area contributed by atoms with Crippen LogP contribution in [0.5, 0.6) is 0 Å². The van der Waals surface area contributed by atoms with Crippen LogP contribution in [0.2, 0.25) is 0 Å². The molecule has 0 saturated carbocycles. The Hall–Kier alpha value is -3.32. The van der Waals surface area contributed by atoms with Gasteiger partial charge in [0.2, 0.25) is 0 Å². The average molecular weight is 502 g/mol. The molecule has 0 N–H and O–H groups in total. The van der Waals surface area contributed by atoms with Gasteiger partial charge in [-0.1, -0.05) is 107 Å². The molecule has 0 unspecified atom stereocenters. The highest BCUT2D eigenvalue weighted by molar-refractivity contribution is 5.86. The van der Waals surface area contributed by atoms with E-state index in [-0.39, 0.29) is 16.4 Å². The van der Waals surface area contributed by atoms with Crippen LogP contribution < -0.4 is 4.90 Å². The van der Waals surface area contributed by atoms with Gasteiger partial charge in [-0.25, -0.2) is 0 Å². The van der Waals surface area contributed by atoms with Crippen LogP contribution in [-0.4, -0.2) is 5.54 Å². The Morgan fingerprint density at radius 2 is 1.29 bits per heavy atom. The summed E-state index contributed by atoms with van der Waals surface area (Å²) in [5.41, 5.74) is 13.5. The van der Waals surface area contributed by atoms with Crippen molar-refractivity contribution in [3.8, 4) is 22.3 Å². The third-order valence-corrected chi connectivity index (χ3v) is 7.97. The second-order valence-electron chi connectivity index (χ2n) is 13.8. The molecule has 1 heteroatoms. The molecule has 0 atom stereocenters. The molecule has 0 saturated heterocycles. The maximum Gasteiger partial charge on any atom is 0.0454 e. The first-order valence-electron chi connectivity index (χ1n) is 14.0. The highest BCUT2D eigenvalue weighted by atomic mass is 15.2. The van der Waals surface area contributed by atoms with Gasteiger partial charge in [0.15, 0.2) is 0 Å². The highest BCUT2D eigenvalue weighted by Gasteiger charge is 2.37. The monoisotopic (exact) mass is 501 g/mol. The first-order valence-corrected chi connectivity index (χ1v) is 14.0. The maximum absolute atomic E-state index is 2.60.